The van der Waals surface area contributed by atoms with Gasteiger partial charge in [-0.2, -0.15) is 5.10 Å². The molecule has 19 heavy (non-hydrogen) atoms. The molecule has 0 aromatic heterocycles. The second-order valence-electron chi connectivity index (χ2n) is 4.06. The maximum atomic E-state index is 10.8. The zero-order valence-electron chi connectivity index (χ0n) is 10.4. The van der Waals surface area contributed by atoms with Crippen molar-refractivity contribution < 1.29 is 4.79 Å². The molecule has 2 rings (SSSR count). The predicted molar refractivity (Wildman–Crippen MR) is 75.8 cm³/mol. The summed E-state index contributed by atoms with van der Waals surface area (Å²) in [5.74, 6) is 0. The number of hydrazone groups is 1. The van der Waals surface area contributed by atoms with Crippen LogP contribution in [0.5, 0.6) is 0 Å². The first-order valence-corrected chi connectivity index (χ1v) is 5.97. The highest BCUT2D eigenvalue weighted by Gasteiger charge is 2.05. The van der Waals surface area contributed by atoms with Crippen LogP contribution in [0.1, 0.15) is 11.1 Å². The van der Waals surface area contributed by atoms with Gasteiger partial charge in [-0.15, -0.1) is 0 Å². The van der Waals surface area contributed by atoms with Gasteiger partial charge >= 0.3 is 6.03 Å². The lowest BCUT2D eigenvalue weighted by Crippen LogP contribution is -2.26. The fourth-order valence-corrected chi connectivity index (χ4v) is 1.75. The maximum absolute atomic E-state index is 10.8. The second-order valence-corrected chi connectivity index (χ2v) is 4.06. The fourth-order valence-electron chi connectivity index (χ4n) is 1.75. The smallest absolute Gasteiger partial charge is 0.332 e. The molecule has 3 N–H and O–H groups in total. The third-order valence-electron chi connectivity index (χ3n) is 2.62. The first-order chi connectivity index (χ1) is 9.25. The lowest BCUT2D eigenvalue weighted by atomic mass is 10.0. The van der Waals surface area contributed by atoms with E-state index in [4.69, 9.17) is 5.73 Å². The van der Waals surface area contributed by atoms with E-state index in [0.717, 1.165) is 16.8 Å². The van der Waals surface area contributed by atoms with Crippen molar-refractivity contribution in [2.24, 2.45) is 10.8 Å². The Bertz CT molecular complexity index is 564. The lowest BCUT2D eigenvalue weighted by molar-refractivity contribution is 0.249. The number of carbonyl (C=O) groups excluding carboxylic acids is 1. The van der Waals surface area contributed by atoms with E-state index in [1.165, 1.54) is 0 Å². The van der Waals surface area contributed by atoms with E-state index in [1.807, 2.05) is 60.7 Å². The maximum Gasteiger partial charge on any atom is 0.332 e. The molecule has 4 nitrogen and oxygen atoms in total. The normalized spacial score (nSPS) is 11.1. The molecule has 0 spiro atoms. The summed E-state index contributed by atoms with van der Waals surface area (Å²) < 4.78 is 0. The summed E-state index contributed by atoms with van der Waals surface area (Å²) in [6, 6.07) is 19.0. The van der Waals surface area contributed by atoms with Crippen LogP contribution in [0.4, 0.5) is 4.79 Å². The van der Waals surface area contributed by atoms with E-state index in [1.54, 1.807) is 0 Å². The Morgan fingerprint density at radius 2 is 1.58 bits per heavy atom. The number of rotatable bonds is 4. The minimum absolute atomic E-state index is 0.630. The molecule has 2 aromatic carbocycles. The summed E-state index contributed by atoms with van der Waals surface area (Å²) in [7, 11) is 0. The number of urea groups is 1. The van der Waals surface area contributed by atoms with Crippen molar-refractivity contribution in [1.82, 2.24) is 5.43 Å². The Kier molecular flexibility index (Phi) is 4.29. The molecule has 0 radical (unpaired) electrons. The Balaban J connectivity index is 2.25. The number of nitrogens with zero attached hydrogens (tertiary/aromatic N) is 1. The van der Waals surface area contributed by atoms with Gasteiger partial charge in [0.25, 0.3) is 0 Å². The van der Waals surface area contributed by atoms with Crippen molar-refractivity contribution in [3.05, 3.63) is 71.8 Å². The molecule has 2 aromatic rings. The van der Waals surface area contributed by atoms with Crippen molar-refractivity contribution in [1.29, 1.82) is 0 Å². The highest BCUT2D eigenvalue weighted by Crippen LogP contribution is 2.08. The van der Waals surface area contributed by atoms with Crippen molar-refractivity contribution in [2.75, 3.05) is 0 Å². The molecule has 0 bridgehead atoms. The largest absolute Gasteiger partial charge is 0.350 e. The molecule has 0 saturated heterocycles. The minimum Gasteiger partial charge on any atom is -0.350 e. The van der Waals surface area contributed by atoms with Crippen LogP contribution in [0.25, 0.3) is 0 Å². The number of hydrogen-bond donors (Lipinski definition) is 2. The first-order valence-electron chi connectivity index (χ1n) is 5.97. The number of amides is 2. The van der Waals surface area contributed by atoms with Crippen LogP contribution < -0.4 is 11.2 Å². The van der Waals surface area contributed by atoms with Crippen LogP contribution in [0.15, 0.2) is 65.8 Å². The Morgan fingerprint density at radius 1 is 1.00 bits per heavy atom. The molecular formula is C15H15N3O. The van der Waals surface area contributed by atoms with Crippen LogP contribution in [-0.4, -0.2) is 11.7 Å². The van der Waals surface area contributed by atoms with E-state index in [2.05, 4.69) is 10.5 Å². The van der Waals surface area contributed by atoms with Gasteiger partial charge in [0.1, 0.15) is 0 Å². The quantitative estimate of drug-likeness (QED) is 0.637. The predicted octanol–water partition coefficient (Wildman–Crippen LogP) is 2.30. The molecule has 0 aliphatic rings. The van der Waals surface area contributed by atoms with Gasteiger partial charge in [-0.1, -0.05) is 60.7 Å². The van der Waals surface area contributed by atoms with E-state index >= 15 is 0 Å². The fraction of sp³-hybridized carbons (Fsp3) is 0.0667. The van der Waals surface area contributed by atoms with Crippen molar-refractivity contribution in [3.63, 3.8) is 0 Å². The number of hydrogen-bond acceptors (Lipinski definition) is 2. The first kappa shape index (κ1) is 12.8. The van der Waals surface area contributed by atoms with Crippen LogP contribution >= 0.6 is 0 Å². The highest BCUT2D eigenvalue weighted by molar-refractivity contribution is 6.02. The van der Waals surface area contributed by atoms with Gasteiger partial charge in [0.05, 0.1) is 5.71 Å². The summed E-state index contributed by atoms with van der Waals surface area (Å²) in [5, 5.41) is 4.08. The standard InChI is InChI=1S/C15H15N3O/c16-15(19)18-17-14(13-9-5-2-6-10-13)11-12-7-3-1-4-8-12/h1-10H,11H2,(H3,16,18,19)/b17-14+. The molecule has 0 aliphatic heterocycles. The molecule has 0 heterocycles. The van der Waals surface area contributed by atoms with E-state index in [0.29, 0.717) is 6.42 Å². The highest BCUT2D eigenvalue weighted by atomic mass is 16.2. The minimum atomic E-state index is -0.665. The molecule has 0 fully saturated rings. The third kappa shape index (κ3) is 3.96. The van der Waals surface area contributed by atoms with Crippen LogP contribution in [0.3, 0.4) is 0 Å². The number of carbonyl (C=O) groups is 1. The number of nitrogens with one attached hydrogen (secondary N) is 1. The molecule has 0 saturated carbocycles. The summed E-state index contributed by atoms with van der Waals surface area (Å²) in [6.45, 7) is 0. The molecule has 2 amide bonds. The van der Waals surface area contributed by atoms with Gasteiger partial charge in [0.2, 0.25) is 0 Å². The van der Waals surface area contributed by atoms with Crippen molar-refractivity contribution in [2.45, 2.75) is 6.42 Å². The van der Waals surface area contributed by atoms with E-state index in [9.17, 15) is 4.79 Å². The monoisotopic (exact) mass is 253 g/mol. The SMILES string of the molecule is NC(=O)N/N=C(\Cc1ccccc1)c1ccccc1. The Labute approximate surface area is 112 Å². The third-order valence-corrected chi connectivity index (χ3v) is 2.62. The van der Waals surface area contributed by atoms with Crippen LogP contribution in [-0.2, 0) is 6.42 Å². The summed E-state index contributed by atoms with van der Waals surface area (Å²) in [6.07, 6.45) is 0.630. The van der Waals surface area contributed by atoms with Gasteiger partial charge in [-0.3, -0.25) is 0 Å². The van der Waals surface area contributed by atoms with Gasteiger partial charge in [-0.25, -0.2) is 10.2 Å². The average Bonchev–Trinajstić information content (AvgIpc) is 2.45. The zero-order chi connectivity index (χ0) is 13.5. The van der Waals surface area contributed by atoms with Crippen LogP contribution in [0, 0.1) is 0 Å². The number of benzene rings is 2. The van der Waals surface area contributed by atoms with Crippen LogP contribution in [0.2, 0.25) is 0 Å². The van der Waals surface area contributed by atoms with Gasteiger partial charge < -0.3 is 5.73 Å². The second kappa shape index (κ2) is 6.35. The number of primary amides is 1. The molecule has 0 aliphatic carbocycles. The van der Waals surface area contributed by atoms with Gasteiger partial charge in [0.15, 0.2) is 0 Å². The zero-order valence-corrected chi connectivity index (χ0v) is 10.4. The summed E-state index contributed by atoms with van der Waals surface area (Å²) in [4.78, 5) is 10.8. The molecule has 4 heteroatoms. The Morgan fingerprint density at radius 3 is 2.16 bits per heavy atom. The summed E-state index contributed by atoms with van der Waals surface area (Å²) in [5.41, 5.74) is 10.2. The molecule has 96 valence electrons. The molecular weight excluding hydrogens is 238 g/mol. The summed E-state index contributed by atoms with van der Waals surface area (Å²) >= 11 is 0. The molecule has 0 unspecified atom stereocenters. The van der Waals surface area contributed by atoms with E-state index in [-0.39, 0.29) is 0 Å². The molecule has 0 atom stereocenters. The topological polar surface area (TPSA) is 67.5 Å². The van der Waals surface area contributed by atoms with Gasteiger partial charge in [0, 0.05) is 6.42 Å². The van der Waals surface area contributed by atoms with Crippen molar-refractivity contribution >= 4 is 11.7 Å². The lowest BCUT2D eigenvalue weighted by Gasteiger charge is -2.07. The number of nitrogens with two attached hydrogens (primary N) is 1. The van der Waals surface area contributed by atoms with Crippen molar-refractivity contribution in [3.8, 4) is 0 Å². The van der Waals surface area contributed by atoms with E-state index < -0.39 is 6.03 Å². The Hall–Kier alpha value is -2.62. The van der Waals surface area contributed by atoms with Gasteiger partial charge in [-0.05, 0) is 11.1 Å². The average molecular weight is 253 g/mol.